The van der Waals surface area contributed by atoms with E-state index in [1.807, 2.05) is 0 Å². The number of benzene rings is 2. The summed E-state index contributed by atoms with van der Waals surface area (Å²) in [5.41, 5.74) is 0.494. The summed E-state index contributed by atoms with van der Waals surface area (Å²) in [6.45, 7) is 0. The number of hydrogen-bond acceptors (Lipinski definition) is 6. The van der Waals surface area contributed by atoms with Crippen molar-refractivity contribution in [3.05, 3.63) is 59.7 Å². The van der Waals surface area contributed by atoms with Gasteiger partial charge in [-0.1, -0.05) is 6.07 Å². The van der Waals surface area contributed by atoms with Gasteiger partial charge in [-0.25, -0.2) is 13.6 Å². The summed E-state index contributed by atoms with van der Waals surface area (Å²) in [7, 11) is -2.14. The first kappa shape index (κ1) is 19.4. The van der Waals surface area contributed by atoms with E-state index in [-0.39, 0.29) is 11.5 Å². The Labute approximate surface area is 148 Å². The molecule has 0 aliphatic rings. The third-order valence-electron chi connectivity index (χ3n) is 3.16. The van der Waals surface area contributed by atoms with E-state index in [9.17, 15) is 22.0 Å². The van der Waals surface area contributed by atoms with Crippen LogP contribution in [-0.2, 0) is 19.6 Å². The third-order valence-corrected chi connectivity index (χ3v) is 4.41. The van der Waals surface area contributed by atoms with Gasteiger partial charge in [0.1, 0.15) is 16.5 Å². The van der Waals surface area contributed by atoms with Gasteiger partial charge >= 0.3 is 16.1 Å². The van der Waals surface area contributed by atoms with Gasteiger partial charge in [-0.3, -0.25) is 0 Å². The maximum absolute atomic E-state index is 13.7. The molecule has 0 saturated carbocycles. The average molecular weight is 384 g/mol. The Kier molecular flexibility index (Phi) is 5.93. The topological polar surface area (TPSA) is 78.9 Å². The van der Waals surface area contributed by atoms with E-state index >= 15 is 0 Å². The average Bonchev–Trinajstić information content (AvgIpc) is 2.62. The normalized spacial score (nSPS) is 11.4. The molecule has 0 aliphatic heterocycles. The fourth-order valence-electron chi connectivity index (χ4n) is 1.92. The zero-order valence-corrected chi connectivity index (χ0v) is 14.5. The fraction of sp³-hybridized carbons (Fsp3) is 0.118. The molecule has 2 rings (SSSR count). The SMILES string of the molecule is COC(=O)/C=C/c1ccc(OS(=O)(=O)c2cc(F)ccc2F)c(OC)c1. The van der Waals surface area contributed by atoms with E-state index in [0.29, 0.717) is 17.7 Å². The second-order valence-corrected chi connectivity index (χ2v) is 6.39. The number of halogens is 2. The largest absolute Gasteiger partial charge is 0.493 e. The van der Waals surface area contributed by atoms with Gasteiger partial charge in [-0.2, -0.15) is 8.42 Å². The Morgan fingerprint density at radius 2 is 1.77 bits per heavy atom. The van der Waals surface area contributed by atoms with Crippen molar-refractivity contribution in [1.29, 1.82) is 0 Å². The molecule has 138 valence electrons. The molecule has 26 heavy (non-hydrogen) atoms. The van der Waals surface area contributed by atoms with E-state index in [2.05, 4.69) is 4.74 Å². The lowest BCUT2D eigenvalue weighted by Gasteiger charge is -2.12. The van der Waals surface area contributed by atoms with Crippen LogP contribution in [0.15, 0.2) is 47.4 Å². The highest BCUT2D eigenvalue weighted by Crippen LogP contribution is 2.31. The van der Waals surface area contributed by atoms with Crippen molar-refractivity contribution in [1.82, 2.24) is 0 Å². The molecule has 0 fully saturated rings. The van der Waals surface area contributed by atoms with Gasteiger partial charge in [0.2, 0.25) is 0 Å². The number of carbonyl (C=O) groups excluding carboxylic acids is 1. The highest BCUT2D eigenvalue weighted by molar-refractivity contribution is 7.87. The molecule has 0 radical (unpaired) electrons. The molecule has 0 saturated heterocycles. The number of ether oxygens (including phenoxy) is 2. The summed E-state index contributed by atoms with van der Waals surface area (Å²) in [5, 5.41) is 0. The van der Waals surface area contributed by atoms with Crippen LogP contribution in [0.1, 0.15) is 5.56 Å². The predicted molar refractivity (Wildman–Crippen MR) is 88.2 cm³/mol. The molecule has 0 spiro atoms. The smallest absolute Gasteiger partial charge is 0.342 e. The second-order valence-electron chi connectivity index (χ2n) is 4.88. The molecular weight excluding hydrogens is 370 g/mol. The number of carbonyl (C=O) groups is 1. The van der Waals surface area contributed by atoms with Gasteiger partial charge in [0.15, 0.2) is 11.5 Å². The van der Waals surface area contributed by atoms with Crippen molar-refractivity contribution in [3.8, 4) is 11.5 Å². The van der Waals surface area contributed by atoms with Gasteiger partial charge in [-0.15, -0.1) is 0 Å². The zero-order chi connectivity index (χ0) is 19.3. The first-order valence-corrected chi connectivity index (χ1v) is 8.51. The summed E-state index contributed by atoms with van der Waals surface area (Å²) in [4.78, 5) is 10.2. The molecule has 0 heterocycles. The maximum Gasteiger partial charge on any atom is 0.342 e. The minimum absolute atomic E-state index is 0.0115. The Morgan fingerprint density at radius 3 is 2.42 bits per heavy atom. The molecular formula is C17H14F2O6S. The quantitative estimate of drug-likeness (QED) is 0.433. The van der Waals surface area contributed by atoms with E-state index < -0.39 is 32.6 Å². The van der Waals surface area contributed by atoms with Crippen molar-refractivity contribution in [3.63, 3.8) is 0 Å². The third kappa shape index (κ3) is 4.57. The summed E-state index contributed by atoms with van der Waals surface area (Å²) >= 11 is 0. The van der Waals surface area contributed by atoms with Gasteiger partial charge in [0.05, 0.1) is 14.2 Å². The Balaban J connectivity index is 2.35. The summed E-state index contributed by atoms with van der Waals surface area (Å²) in [6, 6.07) is 6.08. The highest BCUT2D eigenvalue weighted by atomic mass is 32.2. The van der Waals surface area contributed by atoms with Crippen LogP contribution in [0.25, 0.3) is 6.08 Å². The number of rotatable bonds is 6. The van der Waals surface area contributed by atoms with E-state index in [0.717, 1.165) is 12.1 Å². The molecule has 0 atom stereocenters. The number of methoxy groups -OCH3 is 2. The lowest BCUT2D eigenvalue weighted by molar-refractivity contribution is -0.134. The molecule has 9 heteroatoms. The number of hydrogen-bond donors (Lipinski definition) is 0. The van der Waals surface area contributed by atoms with Crippen LogP contribution in [0.5, 0.6) is 11.5 Å². The minimum atomic E-state index is -4.63. The van der Waals surface area contributed by atoms with Crippen LogP contribution in [0.4, 0.5) is 8.78 Å². The monoisotopic (exact) mass is 384 g/mol. The van der Waals surface area contributed by atoms with Crippen molar-refractivity contribution in [2.75, 3.05) is 14.2 Å². The molecule has 0 amide bonds. The molecule has 0 N–H and O–H groups in total. The van der Waals surface area contributed by atoms with Crippen molar-refractivity contribution in [2.45, 2.75) is 4.90 Å². The van der Waals surface area contributed by atoms with Crippen LogP contribution < -0.4 is 8.92 Å². The molecule has 0 bridgehead atoms. The van der Waals surface area contributed by atoms with Gasteiger partial charge in [-0.05, 0) is 42.0 Å². The van der Waals surface area contributed by atoms with Gasteiger partial charge in [0, 0.05) is 6.08 Å². The van der Waals surface area contributed by atoms with Crippen LogP contribution in [-0.4, -0.2) is 28.6 Å². The van der Waals surface area contributed by atoms with Gasteiger partial charge < -0.3 is 13.7 Å². The van der Waals surface area contributed by atoms with Crippen LogP contribution in [0.3, 0.4) is 0 Å². The fourth-order valence-corrected chi connectivity index (χ4v) is 2.95. The van der Waals surface area contributed by atoms with Crippen molar-refractivity contribution < 1.29 is 35.6 Å². The number of esters is 1. The zero-order valence-electron chi connectivity index (χ0n) is 13.7. The lowest BCUT2D eigenvalue weighted by atomic mass is 10.2. The molecule has 2 aromatic carbocycles. The minimum Gasteiger partial charge on any atom is -0.493 e. The van der Waals surface area contributed by atoms with Gasteiger partial charge in [0.25, 0.3) is 0 Å². The molecule has 0 unspecified atom stereocenters. The molecule has 6 nitrogen and oxygen atoms in total. The Hall–Kier alpha value is -2.94. The van der Waals surface area contributed by atoms with Crippen molar-refractivity contribution in [2.24, 2.45) is 0 Å². The summed E-state index contributed by atoms with van der Waals surface area (Å²) < 4.78 is 65.8. The molecule has 0 aliphatic carbocycles. The second kappa shape index (κ2) is 7.96. The first-order valence-electron chi connectivity index (χ1n) is 7.10. The summed E-state index contributed by atoms with van der Waals surface area (Å²) in [6.07, 6.45) is 2.58. The van der Waals surface area contributed by atoms with Crippen LogP contribution in [0, 0.1) is 11.6 Å². The maximum atomic E-state index is 13.7. The lowest BCUT2D eigenvalue weighted by Crippen LogP contribution is -2.12. The van der Waals surface area contributed by atoms with E-state index in [1.165, 1.54) is 38.5 Å². The highest BCUT2D eigenvalue weighted by Gasteiger charge is 2.24. The van der Waals surface area contributed by atoms with E-state index in [1.54, 1.807) is 0 Å². The Morgan fingerprint density at radius 1 is 1.04 bits per heavy atom. The summed E-state index contributed by atoms with van der Waals surface area (Å²) in [5.74, 6) is -2.87. The predicted octanol–water partition coefficient (Wildman–Crippen LogP) is 2.93. The van der Waals surface area contributed by atoms with Crippen LogP contribution in [0.2, 0.25) is 0 Å². The van der Waals surface area contributed by atoms with Crippen LogP contribution >= 0.6 is 0 Å². The van der Waals surface area contributed by atoms with E-state index in [4.69, 9.17) is 8.92 Å². The first-order chi connectivity index (χ1) is 12.3. The molecule has 0 aromatic heterocycles. The standard InChI is InChI=1S/C17H14F2O6S/c1-23-15-9-11(4-8-17(20)24-2)3-7-14(15)25-26(21,22)16-10-12(18)5-6-13(16)19/h3-10H,1-2H3/b8-4+. The molecule has 2 aromatic rings. The Bertz CT molecular complexity index is 954. The van der Waals surface area contributed by atoms with Crippen molar-refractivity contribution >= 4 is 22.2 Å².